The lowest BCUT2D eigenvalue weighted by atomic mass is 9.87. The van der Waals surface area contributed by atoms with Crippen LogP contribution in [-0.4, -0.2) is 0 Å². The van der Waals surface area contributed by atoms with E-state index in [0.29, 0.717) is 0 Å². The number of ether oxygens (including phenoxy) is 1. The van der Waals surface area contributed by atoms with Gasteiger partial charge in [-0.05, 0) is 77.3 Å². The predicted molar refractivity (Wildman–Crippen MR) is 148 cm³/mol. The summed E-state index contributed by atoms with van der Waals surface area (Å²) in [6.07, 6.45) is 12.9. The van der Waals surface area contributed by atoms with Gasteiger partial charge in [0, 0.05) is 23.0 Å². The zero-order chi connectivity index (χ0) is 26.1. The van der Waals surface area contributed by atoms with Crippen molar-refractivity contribution in [2.24, 2.45) is 10.8 Å². The van der Waals surface area contributed by atoms with Crippen LogP contribution >= 0.6 is 0 Å². The van der Waals surface area contributed by atoms with E-state index in [1.165, 1.54) is 11.1 Å². The predicted octanol–water partition coefficient (Wildman–Crippen LogP) is 9.93. The van der Waals surface area contributed by atoms with Crippen LogP contribution in [0.25, 0.3) is 5.57 Å². The van der Waals surface area contributed by atoms with Gasteiger partial charge in [0.25, 0.3) is 0 Å². The van der Waals surface area contributed by atoms with E-state index in [4.69, 9.17) is 9.15 Å². The van der Waals surface area contributed by atoms with Crippen LogP contribution in [0.15, 0.2) is 70.1 Å². The normalized spacial score (nSPS) is 16.4. The van der Waals surface area contributed by atoms with Gasteiger partial charge in [-0.2, -0.15) is 0 Å². The van der Waals surface area contributed by atoms with Crippen molar-refractivity contribution < 1.29 is 9.15 Å². The Morgan fingerprint density at radius 1 is 0.676 bits per heavy atom. The van der Waals surface area contributed by atoms with E-state index in [2.05, 4.69) is 139 Å². The minimum absolute atomic E-state index is 0.0437. The summed E-state index contributed by atoms with van der Waals surface area (Å²) in [6, 6.07) is 4.37. The fourth-order valence-corrected chi connectivity index (χ4v) is 3.29. The fourth-order valence-electron chi connectivity index (χ4n) is 3.29. The van der Waals surface area contributed by atoms with E-state index < -0.39 is 0 Å². The van der Waals surface area contributed by atoms with Crippen LogP contribution in [0.5, 0.6) is 0 Å². The molecule has 0 saturated heterocycles. The lowest BCUT2D eigenvalue weighted by Gasteiger charge is -2.32. The molecule has 0 spiro atoms. The minimum atomic E-state index is -0.0478. The number of hydrogen-bond donors (Lipinski definition) is 0. The highest BCUT2D eigenvalue weighted by Gasteiger charge is 2.34. The van der Waals surface area contributed by atoms with Crippen LogP contribution < -0.4 is 0 Å². The largest absolute Gasteiger partial charge is 0.465 e. The number of rotatable bonds is 3. The molecule has 0 radical (unpaired) electrons. The Bertz CT molecular complexity index is 980. The van der Waals surface area contributed by atoms with E-state index in [9.17, 15) is 0 Å². The zero-order valence-electron chi connectivity index (χ0n) is 23.9. The fraction of sp³-hybridized carbons (Fsp3) is 0.531. The van der Waals surface area contributed by atoms with Gasteiger partial charge in [0.15, 0.2) is 0 Å². The first-order valence-corrected chi connectivity index (χ1v) is 12.5. The smallest absolute Gasteiger partial charge is 0.335 e. The quantitative estimate of drug-likeness (QED) is 0.328. The van der Waals surface area contributed by atoms with Crippen LogP contribution in [-0.2, 0) is 15.6 Å². The second-order valence-electron chi connectivity index (χ2n) is 13.6. The van der Waals surface area contributed by atoms with Gasteiger partial charge in [-0.3, -0.25) is 0 Å². The van der Waals surface area contributed by atoms with Crippen molar-refractivity contribution in [3.05, 3.63) is 82.8 Å². The second-order valence-corrected chi connectivity index (χ2v) is 13.6. The molecule has 0 N–H and O–H groups in total. The lowest BCUT2D eigenvalue weighted by molar-refractivity contribution is 0.161. The maximum Gasteiger partial charge on any atom is 0.335 e. The molecule has 0 aromatic carbocycles. The molecule has 186 valence electrons. The molecule has 1 aliphatic rings. The molecule has 1 aliphatic heterocycles. The van der Waals surface area contributed by atoms with Crippen LogP contribution in [0, 0.1) is 10.8 Å². The van der Waals surface area contributed by atoms with Crippen LogP contribution in [0.4, 0.5) is 0 Å². The Hall–Kier alpha value is -2.35. The molecule has 0 unspecified atom stereocenters. The average Bonchev–Trinajstić information content (AvgIpc) is 2.68. The highest BCUT2D eigenvalue weighted by atomic mass is 16.5. The highest BCUT2D eigenvalue weighted by molar-refractivity contribution is 5.66. The summed E-state index contributed by atoms with van der Waals surface area (Å²) >= 11 is 0. The summed E-state index contributed by atoms with van der Waals surface area (Å²) in [5.74, 6) is 4.03. The molecule has 1 aromatic heterocycles. The van der Waals surface area contributed by atoms with E-state index in [1.54, 1.807) is 0 Å². The van der Waals surface area contributed by atoms with Crippen molar-refractivity contribution >= 4 is 5.57 Å². The van der Waals surface area contributed by atoms with E-state index >= 15 is 0 Å². The Labute approximate surface area is 209 Å². The maximum absolute atomic E-state index is 6.30. The third-order valence-electron chi connectivity index (χ3n) is 5.77. The molecule has 2 heterocycles. The molecule has 0 fully saturated rings. The number of allylic oxidation sites excluding steroid dienone is 10. The first-order chi connectivity index (χ1) is 15.3. The topological polar surface area (TPSA) is 20.5 Å². The molecule has 0 amide bonds. The second kappa shape index (κ2) is 9.72. The van der Waals surface area contributed by atoms with Gasteiger partial charge >= 0.3 is 11.5 Å². The van der Waals surface area contributed by atoms with Crippen LogP contribution in [0.2, 0.25) is 0 Å². The van der Waals surface area contributed by atoms with Gasteiger partial charge in [0.2, 0.25) is 0 Å². The molecule has 0 saturated carbocycles. The Kier molecular flexibility index (Phi) is 7.97. The van der Waals surface area contributed by atoms with Gasteiger partial charge in [0.05, 0.1) is 10.8 Å². The van der Waals surface area contributed by atoms with Crippen molar-refractivity contribution in [1.29, 1.82) is 0 Å². The summed E-state index contributed by atoms with van der Waals surface area (Å²) in [7, 11) is 0. The molecular weight excluding hydrogens is 416 g/mol. The third-order valence-corrected chi connectivity index (χ3v) is 5.77. The third kappa shape index (κ3) is 7.58. The van der Waals surface area contributed by atoms with Crippen LogP contribution in [0.3, 0.4) is 0 Å². The summed E-state index contributed by atoms with van der Waals surface area (Å²) in [5, 5.41) is 0. The minimum Gasteiger partial charge on any atom is -0.465 e. The molecular formula is C32H47O2+. The summed E-state index contributed by atoms with van der Waals surface area (Å²) < 4.78 is 12.6. The summed E-state index contributed by atoms with van der Waals surface area (Å²) in [5.41, 5.74) is 3.39. The van der Waals surface area contributed by atoms with Crippen molar-refractivity contribution in [3.63, 3.8) is 0 Å². The van der Waals surface area contributed by atoms with Crippen molar-refractivity contribution in [2.75, 3.05) is 0 Å². The molecule has 0 bridgehead atoms. The van der Waals surface area contributed by atoms with E-state index in [-0.39, 0.29) is 21.7 Å². The molecule has 0 atom stereocenters. The number of hydrogen-bond acceptors (Lipinski definition) is 1. The first-order valence-electron chi connectivity index (χ1n) is 12.5. The monoisotopic (exact) mass is 463 g/mol. The van der Waals surface area contributed by atoms with Gasteiger partial charge in [-0.1, -0.05) is 65.8 Å². The van der Waals surface area contributed by atoms with E-state index in [1.807, 2.05) is 0 Å². The molecule has 1 aromatic rings. The Morgan fingerprint density at radius 2 is 1.12 bits per heavy atom. The van der Waals surface area contributed by atoms with Crippen LogP contribution in [0.1, 0.15) is 107 Å². The van der Waals surface area contributed by atoms with Gasteiger partial charge in [-0.15, -0.1) is 0 Å². The van der Waals surface area contributed by atoms with Crippen molar-refractivity contribution in [3.8, 4) is 0 Å². The van der Waals surface area contributed by atoms with Gasteiger partial charge in [-0.25, -0.2) is 4.42 Å². The SMILES string of the molecule is C/C(=C\C=C\C=C1C=C(C(C)(C)C)OC(C(C)(C)C)=C1)c1cc(C(C)(C)C)[o+]c(C(C)(C)C)c1. The molecule has 0 aliphatic carbocycles. The summed E-state index contributed by atoms with van der Waals surface area (Å²) in [6.45, 7) is 28.5. The van der Waals surface area contributed by atoms with E-state index in [0.717, 1.165) is 28.6 Å². The van der Waals surface area contributed by atoms with Gasteiger partial charge < -0.3 is 4.74 Å². The first kappa shape index (κ1) is 27.9. The molecule has 2 heteroatoms. The molecule has 2 nitrogen and oxygen atoms in total. The molecule has 34 heavy (non-hydrogen) atoms. The standard InChI is InChI=1S/C32H47O2/c1-22(24-20-27(31(8,9)10)34-28(21-24)32(11,12)13)16-14-15-17-23-18-25(29(2,3)4)33-26(19-23)30(5,6)7/h14-21H,1-13H3/q+1. The average molecular weight is 464 g/mol. The Morgan fingerprint density at radius 3 is 1.50 bits per heavy atom. The maximum atomic E-state index is 6.30. The molecule has 2 rings (SSSR count). The highest BCUT2D eigenvalue weighted by Crippen LogP contribution is 2.39. The zero-order valence-corrected chi connectivity index (χ0v) is 23.9. The van der Waals surface area contributed by atoms with Crippen molar-refractivity contribution in [2.45, 2.75) is 101 Å². The lowest BCUT2D eigenvalue weighted by Crippen LogP contribution is -2.21. The Balaban J connectivity index is 2.40. The van der Waals surface area contributed by atoms with Gasteiger partial charge in [0.1, 0.15) is 11.5 Å². The van der Waals surface area contributed by atoms with Crippen molar-refractivity contribution in [1.82, 2.24) is 0 Å². The summed E-state index contributed by atoms with van der Waals surface area (Å²) in [4.78, 5) is 0.